The van der Waals surface area contributed by atoms with Gasteiger partial charge in [0.1, 0.15) is 6.61 Å². The van der Waals surface area contributed by atoms with Gasteiger partial charge in [-0.1, -0.05) is 78.5 Å². The van der Waals surface area contributed by atoms with Crippen molar-refractivity contribution < 1.29 is 9.53 Å². The van der Waals surface area contributed by atoms with Crippen LogP contribution >= 0.6 is 0 Å². The molecule has 1 unspecified atom stereocenters. The van der Waals surface area contributed by atoms with Crippen molar-refractivity contribution in [1.82, 2.24) is 5.32 Å². The highest BCUT2D eigenvalue weighted by atomic mass is 16.5. The first-order chi connectivity index (χ1) is 10.0. The lowest BCUT2D eigenvalue weighted by atomic mass is 9.73. The lowest BCUT2D eigenvalue weighted by Crippen LogP contribution is -2.47. The Labute approximate surface area is 134 Å². The highest BCUT2D eigenvalue weighted by Crippen LogP contribution is 2.34. The molecule has 22 heavy (non-hydrogen) atoms. The zero-order valence-electron chi connectivity index (χ0n) is 14.7. The van der Waals surface area contributed by atoms with E-state index in [-0.39, 0.29) is 23.5 Å². The fourth-order valence-corrected chi connectivity index (χ4v) is 2.14. The predicted octanol–water partition coefficient (Wildman–Crippen LogP) is 4.93. The van der Waals surface area contributed by atoms with Crippen LogP contribution in [0, 0.1) is 10.8 Å². The lowest BCUT2D eigenvalue weighted by Gasteiger charge is -2.38. The Balaban J connectivity index is 2.70. The van der Waals surface area contributed by atoms with Crippen LogP contribution in [0.4, 0.5) is 4.79 Å². The summed E-state index contributed by atoms with van der Waals surface area (Å²) in [7, 11) is 0. The van der Waals surface area contributed by atoms with Gasteiger partial charge in [-0.15, -0.1) is 0 Å². The van der Waals surface area contributed by atoms with Crippen molar-refractivity contribution in [2.24, 2.45) is 10.8 Å². The molecule has 3 heteroatoms. The molecule has 0 aliphatic heterocycles. The summed E-state index contributed by atoms with van der Waals surface area (Å²) in [6, 6.07) is 9.51. The minimum Gasteiger partial charge on any atom is -0.445 e. The number of nitrogens with one attached hydrogen (secondary N) is 1. The van der Waals surface area contributed by atoms with Crippen molar-refractivity contribution >= 4 is 6.09 Å². The molecule has 1 aromatic carbocycles. The first-order valence-electron chi connectivity index (χ1n) is 7.68. The molecule has 1 rings (SSSR count). The standard InChI is InChI=1S/C19H29NO2/c1-14(18(2,3)4)16(19(5,6)7)20-17(21)22-13-15-11-9-8-10-12-15/h8-12,16H,1,13H2,2-7H3,(H,20,21). The van der Waals surface area contributed by atoms with Gasteiger partial charge < -0.3 is 10.1 Å². The van der Waals surface area contributed by atoms with Gasteiger partial charge in [-0.3, -0.25) is 0 Å². The van der Waals surface area contributed by atoms with E-state index in [1.54, 1.807) is 0 Å². The van der Waals surface area contributed by atoms with E-state index in [9.17, 15) is 4.79 Å². The predicted molar refractivity (Wildman–Crippen MR) is 91.6 cm³/mol. The number of alkyl carbamates (subject to hydrolysis) is 1. The Kier molecular flexibility index (Phi) is 5.81. The van der Waals surface area contributed by atoms with Crippen LogP contribution in [-0.4, -0.2) is 12.1 Å². The van der Waals surface area contributed by atoms with Crippen LogP contribution < -0.4 is 5.32 Å². The lowest BCUT2D eigenvalue weighted by molar-refractivity contribution is 0.127. The molecule has 0 saturated heterocycles. The van der Waals surface area contributed by atoms with Crippen LogP contribution in [0.3, 0.4) is 0 Å². The topological polar surface area (TPSA) is 38.3 Å². The van der Waals surface area contributed by atoms with Gasteiger partial charge in [-0.2, -0.15) is 0 Å². The normalized spacial score (nSPS) is 13.4. The molecule has 0 saturated carbocycles. The second-order valence-electron chi connectivity index (χ2n) is 7.78. The molecule has 0 radical (unpaired) electrons. The minimum atomic E-state index is -0.408. The Morgan fingerprint density at radius 2 is 1.68 bits per heavy atom. The highest BCUT2D eigenvalue weighted by Gasteiger charge is 2.34. The minimum absolute atomic E-state index is 0.0787. The molecule has 0 bridgehead atoms. The maximum atomic E-state index is 12.1. The molecule has 1 aromatic rings. The maximum Gasteiger partial charge on any atom is 0.407 e. The summed E-state index contributed by atoms with van der Waals surface area (Å²) in [5, 5.41) is 2.97. The monoisotopic (exact) mass is 303 g/mol. The molecule has 122 valence electrons. The number of ether oxygens (including phenoxy) is 1. The number of rotatable bonds is 4. The molecule has 0 spiro atoms. The van der Waals surface area contributed by atoms with Gasteiger partial charge in [0, 0.05) is 0 Å². The average molecular weight is 303 g/mol. The molecule has 0 aliphatic rings. The van der Waals surface area contributed by atoms with Crippen LogP contribution in [0.1, 0.15) is 47.1 Å². The van der Waals surface area contributed by atoms with E-state index in [0.29, 0.717) is 0 Å². The van der Waals surface area contributed by atoms with E-state index in [1.165, 1.54) is 0 Å². The Bertz CT molecular complexity index is 506. The van der Waals surface area contributed by atoms with Gasteiger partial charge in [0.05, 0.1) is 6.04 Å². The van der Waals surface area contributed by atoms with Crippen LogP contribution in [-0.2, 0) is 11.3 Å². The third-order valence-electron chi connectivity index (χ3n) is 3.65. The van der Waals surface area contributed by atoms with Crippen molar-refractivity contribution in [2.75, 3.05) is 0 Å². The number of carbonyl (C=O) groups excluding carboxylic acids is 1. The van der Waals surface area contributed by atoms with Crippen LogP contribution in [0.5, 0.6) is 0 Å². The molecular weight excluding hydrogens is 274 g/mol. The van der Waals surface area contributed by atoms with Crippen LogP contribution in [0.25, 0.3) is 0 Å². The van der Waals surface area contributed by atoms with E-state index in [1.807, 2.05) is 30.3 Å². The van der Waals surface area contributed by atoms with Gasteiger partial charge in [-0.05, 0) is 22.0 Å². The third-order valence-corrected chi connectivity index (χ3v) is 3.65. The number of amides is 1. The zero-order valence-corrected chi connectivity index (χ0v) is 14.7. The SMILES string of the molecule is C=C(C(NC(=O)OCc1ccccc1)C(C)(C)C)C(C)(C)C. The fraction of sp³-hybridized carbons (Fsp3) is 0.526. The highest BCUT2D eigenvalue weighted by molar-refractivity contribution is 5.68. The Hall–Kier alpha value is -1.77. The second kappa shape index (κ2) is 6.99. The van der Waals surface area contributed by atoms with E-state index in [0.717, 1.165) is 11.1 Å². The van der Waals surface area contributed by atoms with Gasteiger partial charge >= 0.3 is 6.09 Å². The molecule has 1 atom stereocenters. The Morgan fingerprint density at radius 1 is 1.14 bits per heavy atom. The molecule has 3 nitrogen and oxygen atoms in total. The molecule has 0 aliphatic carbocycles. The molecule has 0 aromatic heterocycles. The third kappa shape index (κ3) is 5.55. The molecule has 0 fully saturated rings. The number of hydrogen-bond acceptors (Lipinski definition) is 2. The van der Waals surface area contributed by atoms with Gasteiger partial charge in [0.25, 0.3) is 0 Å². The van der Waals surface area contributed by atoms with Gasteiger partial charge in [0.15, 0.2) is 0 Å². The van der Waals surface area contributed by atoms with Crippen molar-refractivity contribution in [3.8, 4) is 0 Å². The summed E-state index contributed by atoms with van der Waals surface area (Å²) in [5.41, 5.74) is 1.76. The number of hydrogen-bond donors (Lipinski definition) is 1. The van der Waals surface area contributed by atoms with Crippen molar-refractivity contribution in [2.45, 2.75) is 54.2 Å². The summed E-state index contributed by atoms with van der Waals surface area (Å²) >= 11 is 0. The maximum absolute atomic E-state index is 12.1. The summed E-state index contributed by atoms with van der Waals surface area (Å²) in [4.78, 5) is 12.1. The second-order valence-corrected chi connectivity index (χ2v) is 7.78. The summed E-state index contributed by atoms with van der Waals surface area (Å²) < 4.78 is 5.33. The van der Waals surface area contributed by atoms with Crippen molar-refractivity contribution in [1.29, 1.82) is 0 Å². The smallest absolute Gasteiger partial charge is 0.407 e. The van der Waals surface area contributed by atoms with Crippen molar-refractivity contribution in [3.05, 3.63) is 48.0 Å². The fourth-order valence-electron chi connectivity index (χ4n) is 2.14. The number of benzene rings is 1. The molecule has 1 amide bonds. The van der Waals surface area contributed by atoms with E-state index >= 15 is 0 Å². The summed E-state index contributed by atoms with van der Waals surface area (Å²) in [6.45, 7) is 17.0. The molecule has 1 N–H and O–H groups in total. The zero-order chi connectivity index (χ0) is 17.0. The number of carbonyl (C=O) groups is 1. The first kappa shape index (κ1) is 18.3. The molecule has 0 heterocycles. The quantitative estimate of drug-likeness (QED) is 0.801. The Morgan fingerprint density at radius 3 is 2.14 bits per heavy atom. The van der Waals surface area contributed by atoms with Crippen molar-refractivity contribution in [3.63, 3.8) is 0 Å². The van der Waals surface area contributed by atoms with Gasteiger partial charge in [0.2, 0.25) is 0 Å². The largest absolute Gasteiger partial charge is 0.445 e. The van der Waals surface area contributed by atoms with E-state index in [2.05, 4.69) is 53.4 Å². The first-order valence-corrected chi connectivity index (χ1v) is 7.68. The van der Waals surface area contributed by atoms with Crippen LogP contribution in [0.2, 0.25) is 0 Å². The van der Waals surface area contributed by atoms with Crippen LogP contribution in [0.15, 0.2) is 42.5 Å². The van der Waals surface area contributed by atoms with E-state index < -0.39 is 6.09 Å². The van der Waals surface area contributed by atoms with E-state index in [4.69, 9.17) is 4.74 Å². The molecular formula is C19H29NO2. The van der Waals surface area contributed by atoms with Gasteiger partial charge in [-0.25, -0.2) is 4.79 Å². The summed E-state index contributed by atoms with van der Waals surface area (Å²) in [6.07, 6.45) is -0.408. The summed E-state index contributed by atoms with van der Waals surface area (Å²) in [5.74, 6) is 0. The average Bonchev–Trinajstić information content (AvgIpc) is 2.40.